The lowest BCUT2D eigenvalue weighted by molar-refractivity contribution is 0.265. The molecule has 2 rings (SSSR count). The van der Waals surface area contributed by atoms with Crippen LogP contribution in [0.15, 0.2) is 28.7 Å². The van der Waals surface area contributed by atoms with Crippen molar-refractivity contribution in [1.29, 1.82) is 0 Å². The Labute approximate surface area is 118 Å². The van der Waals surface area contributed by atoms with Crippen LogP contribution >= 0.6 is 0 Å². The van der Waals surface area contributed by atoms with Crippen LogP contribution in [0, 0.1) is 19.7 Å². The zero-order valence-corrected chi connectivity index (χ0v) is 12.1. The van der Waals surface area contributed by atoms with Gasteiger partial charge < -0.3 is 14.5 Å². The SMILES string of the molecule is CCNCc1cc(COc2cc(F)ccc2C)oc1C. The maximum atomic E-state index is 13.2. The van der Waals surface area contributed by atoms with Crippen molar-refractivity contribution < 1.29 is 13.5 Å². The highest BCUT2D eigenvalue weighted by molar-refractivity contribution is 5.32. The van der Waals surface area contributed by atoms with Crippen LogP contribution in [0.25, 0.3) is 0 Å². The van der Waals surface area contributed by atoms with E-state index in [1.165, 1.54) is 12.1 Å². The Bertz CT molecular complexity index is 578. The average Bonchev–Trinajstić information content (AvgIpc) is 2.78. The Balaban J connectivity index is 2.02. The molecule has 0 amide bonds. The van der Waals surface area contributed by atoms with E-state index in [2.05, 4.69) is 12.2 Å². The van der Waals surface area contributed by atoms with Crippen molar-refractivity contribution in [3.63, 3.8) is 0 Å². The van der Waals surface area contributed by atoms with Crippen LogP contribution < -0.4 is 10.1 Å². The van der Waals surface area contributed by atoms with Gasteiger partial charge in [-0.15, -0.1) is 0 Å². The summed E-state index contributed by atoms with van der Waals surface area (Å²) in [6.07, 6.45) is 0. The van der Waals surface area contributed by atoms with Crippen molar-refractivity contribution in [2.75, 3.05) is 6.54 Å². The van der Waals surface area contributed by atoms with Crippen LogP contribution in [0.1, 0.15) is 29.6 Å². The smallest absolute Gasteiger partial charge is 0.146 e. The van der Waals surface area contributed by atoms with E-state index in [9.17, 15) is 4.39 Å². The minimum absolute atomic E-state index is 0.297. The van der Waals surface area contributed by atoms with Gasteiger partial charge in [-0.1, -0.05) is 13.0 Å². The zero-order chi connectivity index (χ0) is 14.5. The topological polar surface area (TPSA) is 34.4 Å². The summed E-state index contributed by atoms with van der Waals surface area (Å²) < 4.78 is 24.4. The minimum atomic E-state index is -0.297. The molecule has 0 saturated heterocycles. The van der Waals surface area contributed by atoms with E-state index >= 15 is 0 Å². The second-order valence-corrected chi connectivity index (χ2v) is 4.77. The van der Waals surface area contributed by atoms with Gasteiger partial charge in [0.25, 0.3) is 0 Å². The number of hydrogen-bond acceptors (Lipinski definition) is 3. The van der Waals surface area contributed by atoms with E-state index in [-0.39, 0.29) is 5.82 Å². The first-order valence-corrected chi connectivity index (χ1v) is 6.78. The molecular weight excluding hydrogens is 257 g/mol. The molecule has 1 aromatic carbocycles. The molecule has 0 fully saturated rings. The molecule has 0 aliphatic carbocycles. The maximum Gasteiger partial charge on any atom is 0.146 e. The van der Waals surface area contributed by atoms with Gasteiger partial charge in [0, 0.05) is 18.2 Å². The highest BCUT2D eigenvalue weighted by Gasteiger charge is 2.09. The van der Waals surface area contributed by atoms with Crippen LogP contribution in [0.5, 0.6) is 5.75 Å². The molecule has 4 heteroatoms. The van der Waals surface area contributed by atoms with Crippen molar-refractivity contribution in [2.24, 2.45) is 0 Å². The molecule has 0 aliphatic rings. The Kier molecular flexibility index (Phi) is 4.79. The summed E-state index contributed by atoms with van der Waals surface area (Å²) in [4.78, 5) is 0. The summed E-state index contributed by atoms with van der Waals surface area (Å²) in [5.41, 5.74) is 2.03. The molecule has 1 heterocycles. The largest absolute Gasteiger partial charge is 0.485 e. The summed E-state index contributed by atoms with van der Waals surface area (Å²) in [5.74, 6) is 1.89. The number of aryl methyl sites for hydroxylation is 2. The third-order valence-electron chi connectivity index (χ3n) is 3.16. The standard InChI is InChI=1S/C16H20FNO2/c1-4-18-9-13-7-15(20-12(13)3)10-19-16-8-14(17)6-5-11(16)2/h5-8,18H,4,9-10H2,1-3H3. The van der Waals surface area contributed by atoms with Gasteiger partial charge in [-0.3, -0.25) is 0 Å². The van der Waals surface area contributed by atoms with Crippen LogP contribution in [0.4, 0.5) is 4.39 Å². The second-order valence-electron chi connectivity index (χ2n) is 4.77. The molecule has 20 heavy (non-hydrogen) atoms. The number of ether oxygens (including phenoxy) is 1. The van der Waals surface area contributed by atoms with E-state index in [0.717, 1.165) is 35.7 Å². The molecule has 0 radical (unpaired) electrons. The third-order valence-corrected chi connectivity index (χ3v) is 3.16. The Morgan fingerprint density at radius 3 is 2.80 bits per heavy atom. The first-order valence-electron chi connectivity index (χ1n) is 6.78. The average molecular weight is 277 g/mol. The molecular formula is C16H20FNO2. The monoisotopic (exact) mass is 277 g/mol. The molecule has 0 aliphatic heterocycles. The number of rotatable bonds is 6. The predicted molar refractivity (Wildman–Crippen MR) is 76.3 cm³/mol. The molecule has 108 valence electrons. The van der Waals surface area contributed by atoms with Crippen LogP contribution in [-0.4, -0.2) is 6.54 Å². The van der Waals surface area contributed by atoms with E-state index in [4.69, 9.17) is 9.15 Å². The van der Waals surface area contributed by atoms with Crippen molar-refractivity contribution in [3.05, 3.63) is 52.7 Å². The van der Waals surface area contributed by atoms with Gasteiger partial charge in [0.2, 0.25) is 0 Å². The molecule has 0 bridgehead atoms. The summed E-state index contributed by atoms with van der Waals surface area (Å²) in [6.45, 7) is 7.88. The van der Waals surface area contributed by atoms with Crippen molar-refractivity contribution >= 4 is 0 Å². The van der Waals surface area contributed by atoms with E-state index < -0.39 is 0 Å². The van der Waals surface area contributed by atoms with Gasteiger partial charge in [0.1, 0.15) is 29.7 Å². The van der Waals surface area contributed by atoms with E-state index in [0.29, 0.717) is 12.4 Å². The van der Waals surface area contributed by atoms with E-state index in [1.807, 2.05) is 19.9 Å². The summed E-state index contributed by atoms with van der Waals surface area (Å²) in [7, 11) is 0. The number of nitrogens with one attached hydrogen (secondary N) is 1. The van der Waals surface area contributed by atoms with Gasteiger partial charge in [-0.2, -0.15) is 0 Å². The predicted octanol–water partition coefficient (Wildman–Crippen LogP) is 3.72. The van der Waals surface area contributed by atoms with Gasteiger partial charge in [-0.05, 0) is 38.1 Å². The molecule has 1 N–H and O–H groups in total. The minimum Gasteiger partial charge on any atom is -0.485 e. The van der Waals surface area contributed by atoms with Crippen molar-refractivity contribution in [2.45, 2.75) is 33.9 Å². The summed E-state index contributed by atoms with van der Waals surface area (Å²) >= 11 is 0. The molecule has 3 nitrogen and oxygen atoms in total. The van der Waals surface area contributed by atoms with Gasteiger partial charge in [0.05, 0.1) is 0 Å². The van der Waals surface area contributed by atoms with Crippen LogP contribution in [0.2, 0.25) is 0 Å². The fraction of sp³-hybridized carbons (Fsp3) is 0.375. The third kappa shape index (κ3) is 3.61. The molecule has 2 aromatic rings. The Morgan fingerprint density at radius 2 is 2.05 bits per heavy atom. The lowest BCUT2D eigenvalue weighted by Gasteiger charge is -2.07. The number of hydrogen-bond donors (Lipinski definition) is 1. The summed E-state index contributed by atoms with van der Waals surface area (Å²) in [5, 5.41) is 3.26. The van der Waals surface area contributed by atoms with Gasteiger partial charge in [-0.25, -0.2) is 4.39 Å². The van der Waals surface area contributed by atoms with Crippen LogP contribution in [-0.2, 0) is 13.2 Å². The molecule has 0 saturated carbocycles. The first-order chi connectivity index (χ1) is 9.60. The Hall–Kier alpha value is -1.81. The molecule has 0 spiro atoms. The number of furan rings is 1. The zero-order valence-electron chi connectivity index (χ0n) is 12.1. The Morgan fingerprint density at radius 1 is 1.25 bits per heavy atom. The molecule has 0 unspecified atom stereocenters. The van der Waals surface area contributed by atoms with E-state index in [1.54, 1.807) is 6.07 Å². The number of benzene rings is 1. The van der Waals surface area contributed by atoms with Crippen molar-refractivity contribution in [1.82, 2.24) is 5.32 Å². The normalized spacial score (nSPS) is 10.8. The quantitative estimate of drug-likeness (QED) is 0.873. The highest BCUT2D eigenvalue weighted by Crippen LogP contribution is 2.21. The fourth-order valence-electron chi connectivity index (χ4n) is 1.97. The maximum absolute atomic E-state index is 13.2. The lowest BCUT2D eigenvalue weighted by Crippen LogP contribution is -2.11. The lowest BCUT2D eigenvalue weighted by atomic mass is 10.2. The number of halogens is 1. The highest BCUT2D eigenvalue weighted by atomic mass is 19.1. The first kappa shape index (κ1) is 14.6. The molecule has 0 atom stereocenters. The fourth-order valence-corrected chi connectivity index (χ4v) is 1.97. The van der Waals surface area contributed by atoms with Crippen molar-refractivity contribution in [3.8, 4) is 5.75 Å². The van der Waals surface area contributed by atoms with Gasteiger partial charge >= 0.3 is 0 Å². The summed E-state index contributed by atoms with van der Waals surface area (Å²) in [6, 6.07) is 6.50. The second kappa shape index (κ2) is 6.57. The van der Waals surface area contributed by atoms with Crippen LogP contribution in [0.3, 0.4) is 0 Å². The van der Waals surface area contributed by atoms with Gasteiger partial charge in [0.15, 0.2) is 0 Å². The molecule has 1 aromatic heterocycles.